The van der Waals surface area contributed by atoms with Crippen LogP contribution in [0.1, 0.15) is 48.5 Å². The van der Waals surface area contributed by atoms with Gasteiger partial charge < -0.3 is 5.23 Å². The standard InChI is InChI=1S/C10H24BN/c1-8(2)11(9(3)4)12-10(5,6)7/h8-9,12H,1-7H3. The van der Waals surface area contributed by atoms with E-state index in [9.17, 15) is 0 Å². The molecular formula is C10H24BN. The monoisotopic (exact) mass is 169 g/mol. The quantitative estimate of drug-likeness (QED) is 0.639. The second-order valence-electron chi connectivity index (χ2n) is 5.41. The smallest absolute Gasteiger partial charge is 0.226 e. The van der Waals surface area contributed by atoms with Gasteiger partial charge in [0.2, 0.25) is 6.85 Å². The van der Waals surface area contributed by atoms with E-state index in [1.54, 1.807) is 0 Å². The molecule has 1 nitrogen and oxygen atoms in total. The van der Waals surface area contributed by atoms with Crippen LogP contribution < -0.4 is 5.23 Å². The zero-order chi connectivity index (χ0) is 9.94. The average Bonchev–Trinajstić information content (AvgIpc) is 1.79. The van der Waals surface area contributed by atoms with Gasteiger partial charge in [0.1, 0.15) is 0 Å². The molecule has 0 aromatic heterocycles. The SMILES string of the molecule is CC(C)B(NC(C)(C)C)C(C)C. The molecular weight excluding hydrogens is 145 g/mol. The summed E-state index contributed by atoms with van der Waals surface area (Å²) in [6, 6.07) is 0. The van der Waals surface area contributed by atoms with Crippen LogP contribution >= 0.6 is 0 Å². The minimum absolute atomic E-state index is 0.235. The summed E-state index contributed by atoms with van der Waals surface area (Å²) in [7, 11) is 0. The van der Waals surface area contributed by atoms with E-state index >= 15 is 0 Å². The van der Waals surface area contributed by atoms with Crippen molar-refractivity contribution in [3.8, 4) is 0 Å². The van der Waals surface area contributed by atoms with Crippen LogP contribution in [0, 0.1) is 0 Å². The van der Waals surface area contributed by atoms with Gasteiger partial charge in [-0.2, -0.15) is 0 Å². The molecule has 0 bridgehead atoms. The van der Waals surface area contributed by atoms with Crippen LogP contribution in [0.15, 0.2) is 0 Å². The Morgan fingerprint density at radius 3 is 1.33 bits per heavy atom. The summed E-state index contributed by atoms with van der Waals surface area (Å²) in [4.78, 5) is 0. The van der Waals surface area contributed by atoms with Crippen molar-refractivity contribution in [3.05, 3.63) is 0 Å². The Kier molecular flexibility index (Phi) is 4.32. The first-order chi connectivity index (χ1) is 5.24. The summed E-state index contributed by atoms with van der Waals surface area (Å²) in [6.07, 6.45) is 0. The Hall–Kier alpha value is 0.0249. The van der Waals surface area contributed by atoms with Crippen molar-refractivity contribution in [1.29, 1.82) is 0 Å². The summed E-state index contributed by atoms with van der Waals surface area (Å²) in [5.41, 5.74) is 0.235. The first kappa shape index (κ1) is 12.0. The maximum absolute atomic E-state index is 3.66. The lowest BCUT2D eigenvalue weighted by Crippen LogP contribution is -2.49. The summed E-state index contributed by atoms with van der Waals surface area (Å²) in [5, 5.41) is 3.66. The van der Waals surface area contributed by atoms with E-state index in [4.69, 9.17) is 0 Å². The second kappa shape index (κ2) is 4.31. The van der Waals surface area contributed by atoms with Gasteiger partial charge in [0.15, 0.2) is 0 Å². The lowest BCUT2D eigenvalue weighted by molar-refractivity contribution is 0.508. The van der Waals surface area contributed by atoms with Crippen LogP contribution in [-0.2, 0) is 0 Å². The van der Waals surface area contributed by atoms with Gasteiger partial charge in [-0.15, -0.1) is 0 Å². The predicted octanol–water partition coefficient (Wildman–Crippen LogP) is 3.19. The third-order valence-electron chi connectivity index (χ3n) is 2.04. The fourth-order valence-corrected chi connectivity index (χ4v) is 1.60. The molecule has 0 aliphatic rings. The van der Waals surface area contributed by atoms with Crippen molar-refractivity contribution in [2.75, 3.05) is 0 Å². The molecule has 12 heavy (non-hydrogen) atoms. The highest BCUT2D eigenvalue weighted by Gasteiger charge is 2.26. The summed E-state index contributed by atoms with van der Waals surface area (Å²) >= 11 is 0. The summed E-state index contributed by atoms with van der Waals surface area (Å²) in [6.45, 7) is 16.4. The topological polar surface area (TPSA) is 12.0 Å². The number of nitrogens with one attached hydrogen (secondary N) is 1. The fraction of sp³-hybridized carbons (Fsp3) is 1.00. The van der Waals surface area contributed by atoms with Crippen molar-refractivity contribution in [2.45, 2.75) is 65.6 Å². The van der Waals surface area contributed by atoms with Crippen molar-refractivity contribution in [1.82, 2.24) is 5.23 Å². The molecule has 0 aromatic carbocycles. The minimum atomic E-state index is 0.235. The molecule has 0 spiro atoms. The molecule has 0 fully saturated rings. The van der Waals surface area contributed by atoms with Crippen LogP contribution in [0.4, 0.5) is 0 Å². The zero-order valence-corrected chi connectivity index (χ0v) is 9.73. The molecule has 0 atom stereocenters. The second-order valence-corrected chi connectivity index (χ2v) is 5.41. The van der Waals surface area contributed by atoms with E-state index in [-0.39, 0.29) is 5.54 Å². The van der Waals surface area contributed by atoms with E-state index in [0.717, 1.165) is 0 Å². The Balaban J connectivity index is 4.15. The normalized spacial score (nSPS) is 12.8. The largest absolute Gasteiger partial charge is 0.351 e. The third-order valence-corrected chi connectivity index (χ3v) is 2.04. The van der Waals surface area contributed by atoms with Crippen LogP contribution in [0.25, 0.3) is 0 Å². The molecule has 2 heteroatoms. The molecule has 0 saturated carbocycles. The Morgan fingerprint density at radius 2 is 1.25 bits per heavy atom. The van der Waals surface area contributed by atoms with E-state index in [0.29, 0.717) is 18.5 Å². The summed E-state index contributed by atoms with van der Waals surface area (Å²) < 4.78 is 0. The molecule has 0 saturated heterocycles. The molecule has 0 unspecified atom stereocenters. The van der Waals surface area contributed by atoms with Gasteiger partial charge >= 0.3 is 0 Å². The molecule has 0 aliphatic heterocycles. The van der Waals surface area contributed by atoms with E-state index in [2.05, 4.69) is 53.7 Å². The van der Waals surface area contributed by atoms with Crippen molar-refractivity contribution < 1.29 is 0 Å². The lowest BCUT2D eigenvalue weighted by atomic mass is 9.44. The molecule has 1 N–H and O–H groups in total. The highest BCUT2D eigenvalue weighted by molar-refractivity contribution is 6.59. The number of hydrogen-bond donors (Lipinski definition) is 1. The molecule has 0 radical (unpaired) electrons. The first-order valence-electron chi connectivity index (χ1n) is 5.01. The fourth-order valence-electron chi connectivity index (χ4n) is 1.60. The molecule has 0 rings (SSSR count). The molecule has 0 aliphatic carbocycles. The molecule has 0 heterocycles. The Morgan fingerprint density at radius 1 is 0.917 bits per heavy atom. The van der Waals surface area contributed by atoms with Crippen LogP contribution in [0.2, 0.25) is 11.6 Å². The predicted molar refractivity (Wildman–Crippen MR) is 58.8 cm³/mol. The van der Waals surface area contributed by atoms with Crippen LogP contribution in [-0.4, -0.2) is 12.4 Å². The van der Waals surface area contributed by atoms with Gasteiger partial charge in [-0.05, 0) is 26.3 Å². The van der Waals surface area contributed by atoms with Crippen molar-refractivity contribution in [2.24, 2.45) is 0 Å². The van der Waals surface area contributed by atoms with Gasteiger partial charge in [0.25, 0.3) is 0 Å². The van der Waals surface area contributed by atoms with Gasteiger partial charge in [-0.25, -0.2) is 0 Å². The van der Waals surface area contributed by atoms with E-state index in [1.165, 1.54) is 0 Å². The third kappa shape index (κ3) is 4.81. The van der Waals surface area contributed by atoms with E-state index < -0.39 is 0 Å². The number of hydrogen-bond acceptors (Lipinski definition) is 1. The zero-order valence-electron chi connectivity index (χ0n) is 9.73. The Labute approximate surface area is 78.4 Å². The average molecular weight is 169 g/mol. The molecule has 0 aromatic rings. The minimum Gasteiger partial charge on any atom is -0.351 e. The van der Waals surface area contributed by atoms with Crippen molar-refractivity contribution in [3.63, 3.8) is 0 Å². The highest BCUT2D eigenvalue weighted by atomic mass is 14.9. The molecule has 72 valence electrons. The molecule has 0 amide bonds. The summed E-state index contributed by atoms with van der Waals surface area (Å²) in [5.74, 6) is 1.42. The Bertz CT molecular complexity index is 116. The van der Waals surface area contributed by atoms with Crippen LogP contribution in [0.3, 0.4) is 0 Å². The van der Waals surface area contributed by atoms with Gasteiger partial charge in [-0.3, -0.25) is 0 Å². The van der Waals surface area contributed by atoms with Crippen LogP contribution in [0.5, 0.6) is 0 Å². The van der Waals surface area contributed by atoms with Gasteiger partial charge in [0, 0.05) is 0 Å². The van der Waals surface area contributed by atoms with Gasteiger partial charge in [-0.1, -0.05) is 39.3 Å². The van der Waals surface area contributed by atoms with Gasteiger partial charge in [0.05, 0.1) is 0 Å². The lowest BCUT2D eigenvalue weighted by Gasteiger charge is -2.31. The first-order valence-corrected chi connectivity index (χ1v) is 5.01. The maximum atomic E-state index is 3.66. The number of rotatable bonds is 3. The maximum Gasteiger partial charge on any atom is 0.226 e. The van der Waals surface area contributed by atoms with E-state index in [1.807, 2.05) is 0 Å². The highest BCUT2D eigenvalue weighted by Crippen LogP contribution is 2.19. The van der Waals surface area contributed by atoms with Crippen molar-refractivity contribution >= 4 is 6.85 Å².